The van der Waals surface area contributed by atoms with Gasteiger partial charge in [0.05, 0.1) is 27.0 Å². The van der Waals surface area contributed by atoms with Crippen molar-refractivity contribution in [2.45, 2.75) is 26.8 Å². The number of anilines is 1. The van der Waals surface area contributed by atoms with Gasteiger partial charge in [0.25, 0.3) is 5.91 Å². The van der Waals surface area contributed by atoms with Crippen molar-refractivity contribution in [1.29, 1.82) is 0 Å². The number of nitrogens with zero attached hydrogens (tertiary/aromatic N) is 2. The third-order valence-corrected chi connectivity index (χ3v) is 5.84. The summed E-state index contributed by atoms with van der Waals surface area (Å²) in [6, 6.07) is 3.25. The largest absolute Gasteiger partial charge is 0.493 e. The molecule has 7 nitrogen and oxygen atoms in total. The lowest BCUT2D eigenvalue weighted by molar-refractivity contribution is 0.102. The van der Waals surface area contributed by atoms with E-state index in [1.807, 2.05) is 5.38 Å². The number of benzene rings is 1. The Labute approximate surface area is 176 Å². The van der Waals surface area contributed by atoms with Crippen LogP contribution in [0.3, 0.4) is 0 Å². The van der Waals surface area contributed by atoms with Crippen molar-refractivity contribution in [1.82, 2.24) is 9.88 Å². The van der Waals surface area contributed by atoms with Crippen molar-refractivity contribution in [3.8, 4) is 17.2 Å². The molecule has 1 aromatic heterocycles. The van der Waals surface area contributed by atoms with Crippen molar-refractivity contribution in [2.75, 3.05) is 39.7 Å². The molecule has 1 fully saturated rings. The van der Waals surface area contributed by atoms with Crippen molar-refractivity contribution in [2.24, 2.45) is 11.8 Å². The molecule has 3 rings (SSSR count). The van der Waals surface area contributed by atoms with Crippen molar-refractivity contribution >= 4 is 22.4 Å². The minimum Gasteiger partial charge on any atom is -0.493 e. The second kappa shape index (κ2) is 9.45. The highest BCUT2D eigenvalue weighted by atomic mass is 32.1. The van der Waals surface area contributed by atoms with E-state index in [0.29, 0.717) is 39.8 Å². The summed E-state index contributed by atoms with van der Waals surface area (Å²) in [5.74, 6) is 2.46. The Morgan fingerprint density at radius 3 is 2.31 bits per heavy atom. The van der Waals surface area contributed by atoms with E-state index in [0.717, 1.165) is 25.3 Å². The molecule has 2 atom stereocenters. The zero-order chi connectivity index (χ0) is 21.0. The summed E-state index contributed by atoms with van der Waals surface area (Å²) in [7, 11) is 4.57. The summed E-state index contributed by atoms with van der Waals surface area (Å²) in [6.45, 7) is 7.59. The molecule has 1 aliphatic heterocycles. The van der Waals surface area contributed by atoms with Crippen LogP contribution in [0.5, 0.6) is 17.2 Å². The van der Waals surface area contributed by atoms with Crippen LogP contribution >= 0.6 is 11.3 Å². The van der Waals surface area contributed by atoms with Gasteiger partial charge < -0.3 is 14.2 Å². The first-order valence-corrected chi connectivity index (χ1v) is 10.6. The zero-order valence-corrected chi connectivity index (χ0v) is 18.5. The van der Waals surface area contributed by atoms with E-state index >= 15 is 0 Å². The summed E-state index contributed by atoms with van der Waals surface area (Å²) in [4.78, 5) is 19.8. The SMILES string of the molecule is COc1cc(C(=O)Nc2nc(CN3CC(C)CC(C)C3)cs2)cc(OC)c1OC. The van der Waals surface area contributed by atoms with Gasteiger partial charge in [0.1, 0.15) is 0 Å². The molecular formula is C21H29N3O4S. The van der Waals surface area contributed by atoms with E-state index in [1.54, 1.807) is 12.1 Å². The number of hydrogen-bond donors (Lipinski definition) is 1. The summed E-state index contributed by atoms with van der Waals surface area (Å²) in [5.41, 5.74) is 1.39. The van der Waals surface area contributed by atoms with E-state index in [4.69, 9.17) is 14.2 Å². The van der Waals surface area contributed by atoms with Crippen LogP contribution in [0.2, 0.25) is 0 Å². The lowest BCUT2D eigenvalue weighted by Gasteiger charge is -2.34. The number of hydrogen-bond acceptors (Lipinski definition) is 7. The van der Waals surface area contributed by atoms with Crippen LogP contribution < -0.4 is 19.5 Å². The molecule has 8 heteroatoms. The number of aromatic nitrogens is 1. The molecular weight excluding hydrogens is 390 g/mol. The second-order valence-corrected chi connectivity index (χ2v) is 8.51. The monoisotopic (exact) mass is 419 g/mol. The van der Waals surface area contributed by atoms with Gasteiger partial charge in [-0.3, -0.25) is 15.0 Å². The molecule has 29 heavy (non-hydrogen) atoms. The van der Waals surface area contributed by atoms with Gasteiger partial charge in [0.2, 0.25) is 5.75 Å². The van der Waals surface area contributed by atoms with Crippen LogP contribution in [-0.4, -0.2) is 50.2 Å². The molecule has 2 unspecified atom stereocenters. The van der Waals surface area contributed by atoms with Crippen molar-refractivity contribution in [3.63, 3.8) is 0 Å². The third-order valence-electron chi connectivity index (χ3n) is 5.03. The van der Waals surface area contributed by atoms with E-state index in [-0.39, 0.29) is 5.91 Å². The number of methoxy groups -OCH3 is 3. The van der Waals surface area contributed by atoms with Crippen LogP contribution in [-0.2, 0) is 6.54 Å². The second-order valence-electron chi connectivity index (χ2n) is 7.65. The lowest BCUT2D eigenvalue weighted by atomic mass is 9.92. The van der Waals surface area contributed by atoms with Gasteiger partial charge in [-0.05, 0) is 30.4 Å². The van der Waals surface area contributed by atoms with Gasteiger partial charge in [0.15, 0.2) is 16.6 Å². The fourth-order valence-electron chi connectivity index (χ4n) is 3.97. The summed E-state index contributed by atoms with van der Waals surface area (Å²) < 4.78 is 15.9. The van der Waals surface area contributed by atoms with E-state index in [2.05, 4.69) is 29.0 Å². The molecule has 1 aliphatic rings. The number of likely N-dealkylation sites (tertiary alicyclic amines) is 1. The molecule has 2 aromatic rings. The highest BCUT2D eigenvalue weighted by Crippen LogP contribution is 2.38. The van der Waals surface area contributed by atoms with E-state index < -0.39 is 0 Å². The molecule has 1 N–H and O–H groups in total. The van der Waals surface area contributed by atoms with Gasteiger partial charge in [-0.15, -0.1) is 11.3 Å². The molecule has 0 bridgehead atoms. The van der Waals surface area contributed by atoms with Crippen LogP contribution in [0, 0.1) is 11.8 Å². The zero-order valence-electron chi connectivity index (χ0n) is 17.7. The minimum atomic E-state index is -0.273. The molecule has 1 saturated heterocycles. The molecule has 2 heterocycles. The van der Waals surface area contributed by atoms with Crippen LogP contribution in [0.1, 0.15) is 36.3 Å². The third kappa shape index (κ3) is 5.19. The van der Waals surface area contributed by atoms with Crippen LogP contribution in [0.15, 0.2) is 17.5 Å². The molecule has 0 radical (unpaired) electrons. The predicted octanol–water partition coefficient (Wildman–Crippen LogP) is 3.90. The molecule has 1 aromatic carbocycles. The number of amides is 1. The van der Waals surface area contributed by atoms with Gasteiger partial charge in [-0.25, -0.2) is 4.98 Å². The van der Waals surface area contributed by atoms with E-state index in [1.165, 1.54) is 39.1 Å². The highest BCUT2D eigenvalue weighted by Gasteiger charge is 2.23. The van der Waals surface area contributed by atoms with Gasteiger partial charge >= 0.3 is 0 Å². The van der Waals surface area contributed by atoms with Crippen molar-refractivity contribution in [3.05, 3.63) is 28.8 Å². The Morgan fingerprint density at radius 1 is 1.14 bits per heavy atom. The Balaban J connectivity index is 1.69. The highest BCUT2D eigenvalue weighted by molar-refractivity contribution is 7.14. The first-order chi connectivity index (χ1) is 13.9. The maximum atomic E-state index is 12.7. The molecule has 0 aliphatic carbocycles. The quantitative estimate of drug-likeness (QED) is 0.734. The number of nitrogens with one attached hydrogen (secondary N) is 1. The Morgan fingerprint density at radius 2 is 1.76 bits per heavy atom. The van der Waals surface area contributed by atoms with Gasteiger partial charge in [-0.1, -0.05) is 13.8 Å². The number of piperidine rings is 1. The summed E-state index contributed by atoms with van der Waals surface area (Å²) in [6.07, 6.45) is 1.28. The topological polar surface area (TPSA) is 72.9 Å². The summed E-state index contributed by atoms with van der Waals surface area (Å²) in [5, 5.41) is 5.46. The van der Waals surface area contributed by atoms with Crippen molar-refractivity contribution < 1.29 is 19.0 Å². The normalized spacial score (nSPS) is 19.6. The average Bonchev–Trinajstić information content (AvgIpc) is 3.12. The van der Waals surface area contributed by atoms with E-state index in [9.17, 15) is 4.79 Å². The number of carbonyl (C=O) groups is 1. The molecule has 1 amide bonds. The fourth-order valence-corrected chi connectivity index (χ4v) is 4.67. The summed E-state index contributed by atoms with van der Waals surface area (Å²) >= 11 is 1.43. The maximum Gasteiger partial charge on any atom is 0.257 e. The number of thiazole rings is 1. The molecule has 0 spiro atoms. The standard InChI is InChI=1S/C21H29N3O4S/c1-13-6-14(2)10-24(9-13)11-16-12-29-21(22-16)23-20(25)15-7-17(26-3)19(28-5)18(8-15)27-4/h7-8,12-14H,6,9-11H2,1-5H3,(H,22,23,25). The average molecular weight is 420 g/mol. The van der Waals surface area contributed by atoms with Gasteiger partial charge in [-0.2, -0.15) is 0 Å². The smallest absolute Gasteiger partial charge is 0.257 e. The maximum absolute atomic E-state index is 12.7. The predicted molar refractivity (Wildman–Crippen MR) is 114 cm³/mol. The first kappa shape index (κ1) is 21.4. The minimum absolute atomic E-state index is 0.273. The fraction of sp³-hybridized carbons (Fsp3) is 0.524. The Kier molecular flexibility index (Phi) is 6.97. The Hall–Kier alpha value is -2.32. The van der Waals surface area contributed by atoms with Gasteiger partial charge in [0, 0.05) is 30.6 Å². The first-order valence-electron chi connectivity index (χ1n) is 9.71. The van der Waals surface area contributed by atoms with Crippen LogP contribution in [0.4, 0.5) is 5.13 Å². The Bertz CT molecular complexity index is 819. The number of carbonyl (C=O) groups excluding carboxylic acids is 1. The molecule has 158 valence electrons. The number of rotatable bonds is 7. The lowest BCUT2D eigenvalue weighted by Crippen LogP contribution is -2.38. The van der Waals surface area contributed by atoms with Crippen LogP contribution in [0.25, 0.3) is 0 Å². The number of ether oxygens (including phenoxy) is 3. The molecule has 0 saturated carbocycles.